The van der Waals surface area contributed by atoms with Crippen LogP contribution in [0.2, 0.25) is 0 Å². The van der Waals surface area contributed by atoms with Gasteiger partial charge in [0, 0.05) is 19.3 Å². The Morgan fingerprint density at radius 3 is 3.00 bits per heavy atom. The molecule has 0 saturated carbocycles. The predicted molar refractivity (Wildman–Crippen MR) is 53.0 cm³/mol. The fraction of sp³-hybridized carbons (Fsp3) is 0.400. The molecule has 3 nitrogen and oxygen atoms in total. The minimum Gasteiger partial charge on any atom is -0.396 e. The molecule has 0 unspecified atom stereocenters. The van der Waals surface area contributed by atoms with E-state index in [4.69, 9.17) is 5.11 Å². The van der Waals surface area contributed by atoms with Crippen LogP contribution < -0.4 is 0 Å². The highest BCUT2D eigenvalue weighted by molar-refractivity contribution is 5.96. The van der Waals surface area contributed by atoms with Crippen LogP contribution in [0.5, 0.6) is 0 Å². The summed E-state index contributed by atoms with van der Waals surface area (Å²) in [4.78, 5) is 8.44. The van der Waals surface area contributed by atoms with Gasteiger partial charge in [0.05, 0.1) is 11.4 Å². The molecule has 1 aromatic heterocycles. The van der Waals surface area contributed by atoms with Gasteiger partial charge in [-0.25, -0.2) is 0 Å². The van der Waals surface area contributed by atoms with Crippen molar-refractivity contribution in [2.75, 3.05) is 13.2 Å². The normalized spacial score (nSPS) is 11.7. The lowest BCUT2D eigenvalue weighted by atomic mass is 10.2. The summed E-state index contributed by atoms with van der Waals surface area (Å²) < 4.78 is 0. The number of rotatable bonds is 4. The fourth-order valence-electron chi connectivity index (χ4n) is 0.975. The summed E-state index contributed by atoms with van der Waals surface area (Å²) in [5.41, 5.74) is 1.83. The van der Waals surface area contributed by atoms with Gasteiger partial charge in [-0.1, -0.05) is 6.07 Å². The fourth-order valence-corrected chi connectivity index (χ4v) is 0.975. The number of hydrogen-bond acceptors (Lipinski definition) is 3. The minimum atomic E-state index is 0.193. The van der Waals surface area contributed by atoms with Crippen molar-refractivity contribution in [3.8, 4) is 0 Å². The van der Waals surface area contributed by atoms with Crippen LogP contribution in [0.15, 0.2) is 29.4 Å². The lowest BCUT2D eigenvalue weighted by Crippen LogP contribution is -1.99. The molecule has 0 aliphatic carbocycles. The molecule has 1 rings (SSSR count). The largest absolute Gasteiger partial charge is 0.396 e. The highest BCUT2D eigenvalue weighted by Gasteiger charge is 1.95. The van der Waals surface area contributed by atoms with Crippen molar-refractivity contribution in [3.63, 3.8) is 0 Å². The molecule has 0 radical (unpaired) electrons. The smallest absolute Gasteiger partial charge is 0.0836 e. The van der Waals surface area contributed by atoms with E-state index in [1.165, 1.54) is 0 Å². The molecule has 1 N–H and O–H groups in total. The van der Waals surface area contributed by atoms with Crippen LogP contribution in [0.1, 0.15) is 19.0 Å². The molecule has 0 bridgehead atoms. The van der Waals surface area contributed by atoms with Gasteiger partial charge in [-0.3, -0.25) is 9.98 Å². The van der Waals surface area contributed by atoms with E-state index in [9.17, 15) is 0 Å². The Morgan fingerprint density at radius 1 is 1.54 bits per heavy atom. The summed E-state index contributed by atoms with van der Waals surface area (Å²) in [6.07, 6.45) is 2.46. The third kappa shape index (κ3) is 3.34. The highest BCUT2D eigenvalue weighted by atomic mass is 16.3. The zero-order chi connectivity index (χ0) is 9.52. The molecule has 1 heterocycles. The standard InChI is InChI=1S/C10H14N2O/c1-9(11-7-4-8-13)10-5-2-3-6-12-10/h2-3,5-6,13H,4,7-8H2,1H3/b11-9+. The van der Waals surface area contributed by atoms with Gasteiger partial charge in [-0.2, -0.15) is 0 Å². The van der Waals surface area contributed by atoms with Crippen molar-refractivity contribution in [1.82, 2.24) is 4.98 Å². The third-order valence-corrected chi connectivity index (χ3v) is 1.70. The van der Waals surface area contributed by atoms with E-state index < -0.39 is 0 Å². The Bertz CT molecular complexity index is 270. The molecule has 0 atom stereocenters. The summed E-state index contributed by atoms with van der Waals surface area (Å²) in [5, 5.41) is 8.56. The second-order valence-electron chi connectivity index (χ2n) is 2.76. The Balaban J connectivity index is 2.57. The van der Waals surface area contributed by atoms with Gasteiger partial charge in [0.2, 0.25) is 0 Å². The number of aromatic nitrogens is 1. The molecule has 0 amide bonds. The zero-order valence-electron chi connectivity index (χ0n) is 7.77. The Hall–Kier alpha value is -1.22. The zero-order valence-corrected chi connectivity index (χ0v) is 7.77. The molecule has 3 heteroatoms. The molecule has 13 heavy (non-hydrogen) atoms. The Kier molecular flexibility index (Phi) is 4.12. The minimum absolute atomic E-state index is 0.193. The van der Waals surface area contributed by atoms with Crippen molar-refractivity contribution >= 4 is 5.71 Å². The van der Waals surface area contributed by atoms with E-state index in [1.54, 1.807) is 6.20 Å². The SMILES string of the molecule is C/C(=N\CCCO)c1ccccn1. The van der Waals surface area contributed by atoms with E-state index in [0.29, 0.717) is 13.0 Å². The lowest BCUT2D eigenvalue weighted by Gasteiger charge is -1.98. The van der Waals surface area contributed by atoms with Crippen molar-refractivity contribution in [3.05, 3.63) is 30.1 Å². The van der Waals surface area contributed by atoms with E-state index in [-0.39, 0.29) is 6.61 Å². The first-order valence-corrected chi connectivity index (χ1v) is 4.38. The van der Waals surface area contributed by atoms with Gasteiger partial charge >= 0.3 is 0 Å². The van der Waals surface area contributed by atoms with Crippen molar-refractivity contribution in [2.24, 2.45) is 4.99 Å². The van der Waals surface area contributed by atoms with E-state index >= 15 is 0 Å². The lowest BCUT2D eigenvalue weighted by molar-refractivity contribution is 0.291. The third-order valence-electron chi connectivity index (χ3n) is 1.70. The summed E-state index contributed by atoms with van der Waals surface area (Å²) >= 11 is 0. The molecule has 0 spiro atoms. The summed E-state index contributed by atoms with van der Waals surface area (Å²) in [7, 11) is 0. The van der Waals surface area contributed by atoms with Crippen LogP contribution >= 0.6 is 0 Å². The number of nitrogens with zero attached hydrogens (tertiary/aromatic N) is 2. The van der Waals surface area contributed by atoms with E-state index in [0.717, 1.165) is 11.4 Å². The molecule has 70 valence electrons. The number of aliphatic hydroxyl groups excluding tert-OH is 1. The molecule has 0 fully saturated rings. The molecular formula is C10H14N2O. The monoisotopic (exact) mass is 178 g/mol. The molecular weight excluding hydrogens is 164 g/mol. The van der Waals surface area contributed by atoms with Gasteiger partial charge < -0.3 is 5.11 Å². The average molecular weight is 178 g/mol. The topological polar surface area (TPSA) is 45.5 Å². The Labute approximate surface area is 78.2 Å². The molecule has 1 aromatic rings. The second kappa shape index (κ2) is 5.43. The molecule has 0 saturated heterocycles. The van der Waals surface area contributed by atoms with Gasteiger partial charge in [-0.15, -0.1) is 0 Å². The maximum absolute atomic E-state index is 8.56. The molecule has 0 aliphatic rings. The van der Waals surface area contributed by atoms with Gasteiger partial charge in [0.25, 0.3) is 0 Å². The molecule has 0 aliphatic heterocycles. The predicted octanol–water partition coefficient (Wildman–Crippen LogP) is 1.27. The van der Waals surface area contributed by atoms with Crippen LogP contribution in [0.4, 0.5) is 0 Å². The molecule has 0 aromatic carbocycles. The summed E-state index contributed by atoms with van der Waals surface area (Å²) in [6.45, 7) is 2.79. The van der Waals surface area contributed by atoms with Crippen LogP contribution in [-0.4, -0.2) is 29.0 Å². The number of aliphatic imine (C=N–C) groups is 1. The van der Waals surface area contributed by atoms with Crippen LogP contribution in [0.3, 0.4) is 0 Å². The van der Waals surface area contributed by atoms with Crippen molar-refractivity contribution < 1.29 is 5.11 Å². The van der Waals surface area contributed by atoms with Gasteiger partial charge in [-0.05, 0) is 25.5 Å². The quantitative estimate of drug-likeness (QED) is 0.557. The maximum atomic E-state index is 8.56. The maximum Gasteiger partial charge on any atom is 0.0836 e. The van der Waals surface area contributed by atoms with Gasteiger partial charge in [0.15, 0.2) is 0 Å². The van der Waals surface area contributed by atoms with Crippen LogP contribution in [-0.2, 0) is 0 Å². The summed E-state index contributed by atoms with van der Waals surface area (Å²) in [5.74, 6) is 0. The van der Waals surface area contributed by atoms with Crippen LogP contribution in [0, 0.1) is 0 Å². The first-order valence-electron chi connectivity index (χ1n) is 4.38. The second-order valence-corrected chi connectivity index (χ2v) is 2.76. The first kappa shape index (κ1) is 9.86. The van der Waals surface area contributed by atoms with E-state index in [2.05, 4.69) is 9.98 Å². The first-order chi connectivity index (χ1) is 6.34. The van der Waals surface area contributed by atoms with Crippen molar-refractivity contribution in [1.29, 1.82) is 0 Å². The Morgan fingerprint density at radius 2 is 2.38 bits per heavy atom. The average Bonchev–Trinajstić information content (AvgIpc) is 2.19. The number of aliphatic hydroxyl groups is 1. The van der Waals surface area contributed by atoms with Gasteiger partial charge in [0.1, 0.15) is 0 Å². The number of pyridine rings is 1. The van der Waals surface area contributed by atoms with E-state index in [1.807, 2.05) is 25.1 Å². The van der Waals surface area contributed by atoms with Crippen molar-refractivity contribution in [2.45, 2.75) is 13.3 Å². The van der Waals surface area contributed by atoms with Crippen LogP contribution in [0.25, 0.3) is 0 Å². The highest BCUT2D eigenvalue weighted by Crippen LogP contribution is 1.96. The number of hydrogen-bond donors (Lipinski definition) is 1. The summed E-state index contributed by atoms with van der Waals surface area (Å²) in [6, 6.07) is 5.75.